The van der Waals surface area contributed by atoms with Gasteiger partial charge in [0.15, 0.2) is 5.82 Å². The van der Waals surface area contributed by atoms with Crippen LogP contribution in [0.2, 0.25) is 0 Å². The summed E-state index contributed by atoms with van der Waals surface area (Å²) in [5, 5.41) is 0. The maximum Gasteiger partial charge on any atom is 0.159 e. The fraction of sp³-hybridized carbons (Fsp3) is 0.500. The number of aromatic nitrogens is 2. The minimum Gasteiger partial charge on any atom is -0.236 e. The molecule has 0 fully saturated rings. The largest absolute Gasteiger partial charge is 0.236 e. The molecular formula is C20H27N2. The van der Waals surface area contributed by atoms with Crippen molar-refractivity contribution in [2.24, 2.45) is 0 Å². The van der Waals surface area contributed by atoms with Gasteiger partial charge in [0.25, 0.3) is 0 Å². The van der Waals surface area contributed by atoms with E-state index in [1.165, 1.54) is 56.9 Å². The number of hydrogen-bond donors (Lipinski definition) is 0. The van der Waals surface area contributed by atoms with Gasteiger partial charge in [-0.05, 0) is 24.5 Å². The van der Waals surface area contributed by atoms with Crippen LogP contribution in [0.3, 0.4) is 0 Å². The third-order valence-electron chi connectivity index (χ3n) is 4.00. The Morgan fingerprint density at radius 2 is 1.41 bits per heavy atom. The SMILES string of the molecule is CCCCCCCCCCc1cnc(-c2cc[c]cc2)nc1. The Morgan fingerprint density at radius 1 is 0.818 bits per heavy atom. The Bertz CT molecular complexity index is 505. The Morgan fingerprint density at radius 3 is 2.05 bits per heavy atom. The maximum atomic E-state index is 4.47. The highest BCUT2D eigenvalue weighted by atomic mass is 14.9. The van der Waals surface area contributed by atoms with Gasteiger partial charge in [-0.3, -0.25) is 0 Å². The molecule has 2 nitrogen and oxygen atoms in total. The first-order valence-electron chi connectivity index (χ1n) is 8.67. The fourth-order valence-corrected chi connectivity index (χ4v) is 2.63. The van der Waals surface area contributed by atoms with E-state index in [4.69, 9.17) is 0 Å². The first kappa shape index (κ1) is 16.7. The molecule has 0 saturated heterocycles. The smallest absolute Gasteiger partial charge is 0.159 e. The molecule has 0 saturated carbocycles. The molecule has 0 unspecified atom stereocenters. The van der Waals surface area contributed by atoms with Crippen LogP contribution in [-0.2, 0) is 6.42 Å². The predicted octanol–water partition coefficient (Wildman–Crippen LogP) is 5.63. The van der Waals surface area contributed by atoms with Crippen molar-refractivity contribution in [2.45, 2.75) is 64.7 Å². The van der Waals surface area contributed by atoms with Gasteiger partial charge in [-0.2, -0.15) is 0 Å². The van der Waals surface area contributed by atoms with Gasteiger partial charge in [0.05, 0.1) is 0 Å². The van der Waals surface area contributed by atoms with Crippen molar-refractivity contribution in [3.05, 3.63) is 48.3 Å². The van der Waals surface area contributed by atoms with E-state index in [2.05, 4.69) is 23.0 Å². The molecule has 1 aromatic heterocycles. The summed E-state index contributed by atoms with van der Waals surface area (Å²) in [5.74, 6) is 0.800. The molecule has 22 heavy (non-hydrogen) atoms. The Kier molecular flexibility index (Phi) is 7.65. The van der Waals surface area contributed by atoms with Crippen molar-refractivity contribution in [1.29, 1.82) is 0 Å². The van der Waals surface area contributed by atoms with Crippen molar-refractivity contribution < 1.29 is 0 Å². The lowest BCUT2D eigenvalue weighted by molar-refractivity contribution is 0.575. The maximum absolute atomic E-state index is 4.47. The molecule has 0 spiro atoms. The number of unbranched alkanes of at least 4 members (excludes halogenated alkanes) is 7. The molecular weight excluding hydrogens is 268 g/mol. The molecule has 0 aliphatic rings. The average molecular weight is 295 g/mol. The monoisotopic (exact) mass is 295 g/mol. The summed E-state index contributed by atoms with van der Waals surface area (Å²) >= 11 is 0. The lowest BCUT2D eigenvalue weighted by Gasteiger charge is -2.04. The molecule has 0 amide bonds. The standard InChI is InChI=1S/C20H27N2/c1-2-3-4-5-6-7-8-10-13-18-16-21-20(22-17-18)19-14-11-9-12-15-19/h11-12,14-17H,2-8,10,13H2,1H3. The molecule has 0 N–H and O–H groups in total. The van der Waals surface area contributed by atoms with E-state index in [-0.39, 0.29) is 0 Å². The van der Waals surface area contributed by atoms with Gasteiger partial charge >= 0.3 is 0 Å². The van der Waals surface area contributed by atoms with Gasteiger partial charge in [0.1, 0.15) is 0 Å². The summed E-state index contributed by atoms with van der Waals surface area (Å²) in [6, 6.07) is 10.8. The molecule has 117 valence electrons. The number of nitrogens with zero attached hydrogens (tertiary/aromatic N) is 2. The van der Waals surface area contributed by atoms with E-state index >= 15 is 0 Å². The second kappa shape index (κ2) is 10.1. The predicted molar refractivity (Wildman–Crippen MR) is 92.6 cm³/mol. The van der Waals surface area contributed by atoms with Gasteiger partial charge in [-0.1, -0.05) is 76.1 Å². The van der Waals surface area contributed by atoms with Crippen LogP contribution < -0.4 is 0 Å². The molecule has 2 aromatic rings. The van der Waals surface area contributed by atoms with E-state index in [1.807, 2.05) is 36.7 Å². The molecule has 2 heteroatoms. The molecule has 0 aliphatic carbocycles. The minimum atomic E-state index is 0.800. The number of hydrogen-bond acceptors (Lipinski definition) is 2. The van der Waals surface area contributed by atoms with E-state index in [0.717, 1.165) is 17.8 Å². The van der Waals surface area contributed by atoms with Crippen LogP contribution in [-0.4, -0.2) is 9.97 Å². The summed E-state index contributed by atoms with van der Waals surface area (Å²) in [4.78, 5) is 8.95. The average Bonchev–Trinajstić information content (AvgIpc) is 2.59. The molecule has 0 aliphatic heterocycles. The Labute approximate surface area is 135 Å². The third-order valence-corrected chi connectivity index (χ3v) is 4.00. The van der Waals surface area contributed by atoms with Crippen LogP contribution in [0.4, 0.5) is 0 Å². The molecule has 2 rings (SSSR count). The molecule has 1 aromatic carbocycles. The van der Waals surface area contributed by atoms with E-state index < -0.39 is 0 Å². The second-order valence-corrected chi connectivity index (χ2v) is 5.93. The third kappa shape index (κ3) is 5.97. The van der Waals surface area contributed by atoms with Crippen LogP contribution in [0.25, 0.3) is 11.4 Å². The first-order valence-corrected chi connectivity index (χ1v) is 8.67. The number of rotatable bonds is 10. The van der Waals surface area contributed by atoms with Gasteiger partial charge in [-0.15, -0.1) is 0 Å². The van der Waals surface area contributed by atoms with Crippen LogP contribution >= 0.6 is 0 Å². The zero-order valence-corrected chi connectivity index (χ0v) is 13.7. The Balaban J connectivity index is 1.65. The van der Waals surface area contributed by atoms with E-state index in [1.54, 1.807) is 0 Å². The van der Waals surface area contributed by atoms with Crippen molar-refractivity contribution in [1.82, 2.24) is 9.97 Å². The first-order chi connectivity index (χ1) is 10.9. The number of aryl methyl sites for hydroxylation is 1. The van der Waals surface area contributed by atoms with Crippen LogP contribution in [0, 0.1) is 6.07 Å². The quantitative estimate of drug-likeness (QED) is 0.531. The fourth-order valence-electron chi connectivity index (χ4n) is 2.63. The van der Waals surface area contributed by atoms with Crippen molar-refractivity contribution >= 4 is 0 Å². The van der Waals surface area contributed by atoms with E-state index in [9.17, 15) is 0 Å². The molecule has 0 atom stereocenters. The van der Waals surface area contributed by atoms with E-state index in [0.29, 0.717) is 0 Å². The topological polar surface area (TPSA) is 25.8 Å². The summed E-state index contributed by atoms with van der Waals surface area (Å²) in [5.41, 5.74) is 2.30. The molecule has 1 heterocycles. The molecule has 0 bridgehead atoms. The van der Waals surface area contributed by atoms with Crippen molar-refractivity contribution in [3.63, 3.8) is 0 Å². The van der Waals surface area contributed by atoms with Crippen LogP contribution in [0.5, 0.6) is 0 Å². The van der Waals surface area contributed by atoms with Gasteiger partial charge in [0, 0.05) is 18.0 Å². The summed E-state index contributed by atoms with van der Waals surface area (Å²) in [6.07, 6.45) is 15.9. The summed E-state index contributed by atoms with van der Waals surface area (Å²) in [6.45, 7) is 2.27. The zero-order chi connectivity index (χ0) is 15.5. The number of benzene rings is 1. The van der Waals surface area contributed by atoms with Gasteiger partial charge < -0.3 is 0 Å². The van der Waals surface area contributed by atoms with Crippen LogP contribution in [0.1, 0.15) is 63.9 Å². The normalized spacial score (nSPS) is 10.8. The highest BCUT2D eigenvalue weighted by Crippen LogP contribution is 2.14. The summed E-state index contributed by atoms with van der Waals surface area (Å²) in [7, 11) is 0. The van der Waals surface area contributed by atoms with Gasteiger partial charge in [0.2, 0.25) is 0 Å². The lowest BCUT2D eigenvalue weighted by atomic mass is 10.1. The highest BCUT2D eigenvalue weighted by molar-refractivity contribution is 5.53. The summed E-state index contributed by atoms with van der Waals surface area (Å²) < 4.78 is 0. The minimum absolute atomic E-state index is 0.800. The zero-order valence-electron chi connectivity index (χ0n) is 13.7. The Hall–Kier alpha value is -1.70. The van der Waals surface area contributed by atoms with Crippen molar-refractivity contribution in [3.8, 4) is 11.4 Å². The highest BCUT2D eigenvalue weighted by Gasteiger charge is 2.01. The van der Waals surface area contributed by atoms with Crippen molar-refractivity contribution in [2.75, 3.05) is 0 Å². The van der Waals surface area contributed by atoms with Gasteiger partial charge in [-0.25, -0.2) is 9.97 Å². The molecule has 1 radical (unpaired) electrons. The van der Waals surface area contributed by atoms with Crippen LogP contribution in [0.15, 0.2) is 36.7 Å². The second-order valence-electron chi connectivity index (χ2n) is 5.93. The lowest BCUT2D eigenvalue weighted by Crippen LogP contribution is -1.93.